The molecular weight excluding hydrogens is 224 g/mol. The summed E-state index contributed by atoms with van der Waals surface area (Å²) < 4.78 is 5.91. The van der Waals surface area contributed by atoms with Crippen LogP contribution in [0.5, 0.6) is 5.75 Å². The minimum atomic E-state index is 0.248. The van der Waals surface area contributed by atoms with Crippen LogP contribution in [0.1, 0.15) is 32.8 Å². The summed E-state index contributed by atoms with van der Waals surface area (Å²) in [7, 11) is 0. The molecule has 100 valence electrons. The molecule has 0 spiro atoms. The van der Waals surface area contributed by atoms with Gasteiger partial charge in [0.1, 0.15) is 11.9 Å². The second kappa shape index (κ2) is 5.61. The Morgan fingerprint density at radius 3 is 2.89 bits per heavy atom. The molecule has 1 aromatic rings. The van der Waals surface area contributed by atoms with E-state index in [9.17, 15) is 0 Å². The first-order valence-electron chi connectivity index (χ1n) is 6.84. The van der Waals surface area contributed by atoms with E-state index in [1.807, 2.05) is 0 Å². The molecule has 1 unspecified atom stereocenters. The van der Waals surface area contributed by atoms with Gasteiger partial charge in [-0.1, -0.05) is 19.9 Å². The number of hydrogen-bond donors (Lipinski definition) is 1. The summed E-state index contributed by atoms with van der Waals surface area (Å²) in [5.41, 5.74) is 8.03. The lowest BCUT2D eigenvalue weighted by molar-refractivity contribution is 0.211. The van der Waals surface area contributed by atoms with Crippen LogP contribution in [0, 0.1) is 5.92 Å². The molecule has 0 saturated heterocycles. The van der Waals surface area contributed by atoms with Gasteiger partial charge in [-0.25, -0.2) is 0 Å². The van der Waals surface area contributed by atoms with Gasteiger partial charge in [0, 0.05) is 13.1 Å². The maximum absolute atomic E-state index is 5.91. The first-order valence-corrected chi connectivity index (χ1v) is 6.84. The quantitative estimate of drug-likeness (QED) is 0.890. The first kappa shape index (κ1) is 13.2. The zero-order chi connectivity index (χ0) is 13.1. The first-order chi connectivity index (χ1) is 8.60. The normalized spacial score (nSPS) is 18.7. The summed E-state index contributed by atoms with van der Waals surface area (Å²) in [4.78, 5) is 2.43. The largest absolute Gasteiger partial charge is 0.487 e. The van der Waals surface area contributed by atoms with E-state index >= 15 is 0 Å². The predicted molar refractivity (Wildman–Crippen MR) is 76.1 cm³/mol. The minimum Gasteiger partial charge on any atom is -0.487 e. The zero-order valence-corrected chi connectivity index (χ0v) is 11.6. The van der Waals surface area contributed by atoms with Gasteiger partial charge in [0.05, 0.1) is 12.2 Å². The molecule has 1 aromatic carbocycles. The van der Waals surface area contributed by atoms with Crippen LogP contribution in [0.25, 0.3) is 0 Å². The average molecular weight is 248 g/mol. The number of benzene rings is 1. The molecule has 0 amide bonds. The highest BCUT2D eigenvalue weighted by molar-refractivity contribution is 5.61. The fourth-order valence-corrected chi connectivity index (χ4v) is 2.33. The van der Waals surface area contributed by atoms with Crippen molar-refractivity contribution >= 4 is 5.69 Å². The van der Waals surface area contributed by atoms with Gasteiger partial charge in [-0.2, -0.15) is 0 Å². The Kier molecular flexibility index (Phi) is 4.12. The van der Waals surface area contributed by atoms with Crippen molar-refractivity contribution < 1.29 is 4.74 Å². The van der Waals surface area contributed by atoms with Crippen LogP contribution < -0.4 is 15.4 Å². The topological polar surface area (TPSA) is 38.5 Å². The number of nitrogens with zero attached hydrogens (tertiary/aromatic N) is 1. The highest BCUT2D eigenvalue weighted by Crippen LogP contribution is 2.34. The summed E-state index contributed by atoms with van der Waals surface area (Å²) in [6.45, 7) is 9.30. The maximum Gasteiger partial charge on any atom is 0.143 e. The van der Waals surface area contributed by atoms with Gasteiger partial charge < -0.3 is 15.4 Å². The standard InChI is InChI=1S/C15H24N2O/c1-11(2)6-7-17-10-12(3)18-15-8-13(9-16)4-5-14(15)17/h4-5,8,11-12H,6-7,9-10,16H2,1-3H3. The lowest BCUT2D eigenvalue weighted by atomic mass is 10.1. The molecule has 2 N–H and O–H groups in total. The summed E-state index contributed by atoms with van der Waals surface area (Å²) in [5.74, 6) is 1.72. The molecule has 1 atom stereocenters. The van der Waals surface area contributed by atoms with Crippen molar-refractivity contribution in [2.75, 3.05) is 18.0 Å². The summed E-state index contributed by atoms with van der Waals surface area (Å²) in [6.07, 6.45) is 1.46. The van der Waals surface area contributed by atoms with Crippen LogP contribution in [0.3, 0.4) is 0 Å². The maximum atomic E-state index is 5.91. The fourth-order valence-electron chi connectivity index (χ4n) is 2.33. The van der Waals surface area contributed by atoms with Crippen molar-refractivity contribution in [2.45, 2.75) is 39.8 Å². The Balaban J connectivity index is 2.19. The van der Waals surface area contributed by atoms with Gasteiger partial charge in [0.2, 0.25) is 0 Å². The molecule has 0 aliphatic carbocycles. The second-order valence-corrected chi connectivity index (χ2v) is 5.56. The van der Waals surface area contributed by atoms with Crippen LogP contribution in [-0.4, -0.2) is 19.2 Å². The third kappa shape index (κ3) is 2.96. The van der Waals surface area contributed by atoms with Crippen LogP contribution >= 0.6 is 0 Å². The molecule has 3 heteroatoms. The third-order valence-corrected chi connectivity index (χ3v) is 3.38. The smallest absolute Gasteiger partial charge is 0.143 e. The number of hydrogen-bond acceptors (Lipinski definition) is 3. The fraction of sp³-hybridized carbons (Fsp3) is 0.600. The van der Waals surface area contributed by atoms with Crippen LogP contribution in [0.4, 0.5) is 5.69 Å². The van der Waals surface area contributed by atoms with Gasteiger partial charge in [-0.15, -0.1) is 0 Å². The molecule has 3 nitrogen and oxygen atoms in total. The van der Waals surface area contributed by atoms with Crippen molar-refractivity contribution in [3.63, 3.8) is 0 Å². The van der Waals surface area contributed by atoms with E-state index in [1.54, 1.807) is 0 Å². The van der Waals surface area contributed by atoms with E-state index in [4.69, 9.17) is 10.5 Å². The molecule has 2 rings (SSSR count). The highest BCUT2D eigenvalue weighted by atomic mass is 16.5. The van der Waals surface area contributed by atoms with Gasteiger partial charge in [0.15, 0.2) is 0 Å². The Hall–Kier alpha value is -1.22. The Morgan fingerprint density at radius 2 is 2.22 bits per heavy atom. The molecule has 1 aliphatic heterocycles. The molecule has 0 saturated carbocycles. The molecule has 18 heavy (non-hydrogen) atoms. The van der Waals surface area contributed by atoms with E-state index in [-0.39, 0.29) is 6.10 Å². The lowest BCUT2D eigenvalue weighted by Crippen LogP contribution is -2.39. The molecule has 1 heterocycles. The summed E-state index contributed by atoms with van der Waals surface area (Å²) in [5, 5.41) is 0. The second-order valence-electron chi connectivity index (χ2n) is 5.56. The van der Waals surface area contributed by atoms with E-state index in [0.29, 0.717) is 6.54 Å². The van der Waals surface area contributed by atoms with Gasteiger partial charge in [0.25, 0.3) is 0 Å². The van der Waals surface area contributed by atoms with Crippen molar-refractivity contribution in [1.82, 2.24) is 0 Å². The zero-order valence-electron chi connectivity index (χ0n) is 11.6. The van der Waals surface area contributed by atoms with Crippen molar-refractivity contribution in [2.24, 2.45) is 11.7 Å². The van der Waals surface area contributed by atoms with Gasteiger partial charge in [-0.3, -0.25) is 0 Å². The molecule has 0 bridgehead atoms. The molecule has 0 fully saturated rings. The highest BCUT2D eigenvalue weighted by Gasteiger charge is 2.22. The van der Waals surface area contributed by atoms with Crippen LogP contribution in [0.2, 0.25) is 0 Å². The van der Waals surface area contributed by atoms with Crippen LogP contribution in [0.15, 0.2) is 18.2 Å². The number of anilines is 1. The average Bonchev–Trinajstić information content (AvgIpc) is 2.34. The number of rotatable bonds is 4. The monoisotopic (exact) mass is 248 g/mol. The minimum absolute atomic E-state index is 0.248. The van der Waals surface area contributed by atoms with Gasteiger partial charge in [-0.05, 0) is 37.0 Å². The predicted octanol–water partition coefficient (Wildman–Crippen LogP) is 2.78. The Labute approximate surface area is 110 Å². The van der Waals surface area contributed by atoms with Crippen molar-refractivity contribution in [1.29, 1.82) is 0 Å². The number of fused-ring (bicyclic) bond motifs is 1. The van der Waals surface area contributed by atoms with E-state index in [2.05, 4.69) is 43.9 Å². The molecular formula is C15H24N2O. The Bertz CT molecular complexity index is 403. The number of nitrogens with two attached hydrogens (primary N) is 1. The van der Waals surface area contributed by atoms with Crippen molar-refractivity contribution in [3.05, 3.63) is 23.8 Å². The summed E-state index contributed by atoms with van der Waals surface area (Å²) in [6, 6.07) is 6.32. The van der Waals surface area contributed by atoms with E-state index in [0.717, 1.165) is 30.3 Å². The molecule has 0 aromatic heterocycles. The van der Waals surface area contributed by atoms with E-state index < -0.39 is 0 Å². The van der Waals surface area contributed by atoms with Crippen LogP contribution in [-0.2, 0) is 6.54 Å². The lowest BCUT2D eigenvalue weighted by Gasteiger charge is -2.35. The van der Waals surface area contributed by atoms with Crippen molar-refractivity contribution in [3.8, 4) is 5.75 Å². The SMILES string of the molecule is CC(C)CCN1CC(C)Oc2cc(CN)ccc21. The summed E-state index contributed by atoms with van der Waals surface area (Å²) >= 11 is 0. The Morgan fingerprint density at radius 1 is 1.44 bits per heavy atom. The molecule has 0 radical (unpaired) electrons. The number of ether oxygens (including phenoxy) is 1. The van der Waals surface area contributed by atoms with Gasteiger partial charge >= 0.3 is 0 Å². The third-order valence-electron chi connectivity index (χ3n) is 3.38. The van der Waals surface area contributed by atoms with E-state index in [1.165, 1.54) is 12.1 Å². The molecule has 1 aliphatic rings.